The first-order valence-electron chi connectivity index (χ1n) is 9.20. The predicted molar refractivity (Wildman–Crippen MR) is 117 cm³/mol. The second-order valence-electron chi connectivity index (χ2n) is 6.44. The van der Waals surface area contributed by atoms with Crippen molar-refractivity contribution >= 4 is 34.8 Å². The summed E-state index contributed by atoms with van der Waals surface area (Å²) in [6.07, 6.45) is 0.0702. The summed E-state index contributed by atoms with van der Waals surface area (Å²) >= 11 is 12.0. The van der Waals surface area contributed by atoms with Crippen molar-refractivity contribution in [3.05, 3.63) is 88.4 Å². The quantitative estimate of drug-likeness (QED) is 0.475. The molecule has 29 heavy (non-hydrogen) atoms. The molecule has 0 heterocycles. The Morgan fingerprint density at radius 1 is 1.00 bits per heavy atom. The Labute approximate surface area is 180 Å². The van der Waals surface area contributed by atoms with Crippen molar-refractivity contribution in [1.82, 2.24) is 0 Å². The van der Waals surface area contributed by atoms with E-state index >= 15 is 0 Å². The van der Waals surface area contributed by atoms with Gasteiger partial charge in [-0.3, -0.25) is 4.79 Å². The summed E-state index contributed by atoms with van der Waals surface area (Å²) in [6, 6.07) is 22.2. The number of hydrogen-bond donors (Lipinski definition) is 1. The molecule has 0 aromatic heterocycles. The topological polar surface area (TPSA) is 47.6 Å². The van der Waals surface area contributed by atoms with Gasteiger partial charge in [0.2, 0.25) is 0 Å². The Kier molecular flexibility index (Phi) is 7.39. The van der Waals surface area contributed by atoms with E-state index in [1.165, 1.54) is 5.56 Å². The molecule has 4 nitrogen and oxygen atoms in total. The van der Waals surface area contributed by atoms with Crippen LogP contribution in [0, 0.1) is 0 Å². The number of halogens is 2. The molecule has 1 atom stereocenters. The van der Waals surface area contributed by atoms with Gasteiger partial charge in [-0.2, -0.15) is 0 Å². The van der Waals surface area contributed by atoms with Crippen LogP contribution in [0.25, 0.3) is 0 Å². The molecule has 150 valence electrons. The zero-order chi connectivity index (χ0) is 20.6. The molecule has 0 aliphatic rings. The number of carbonyl (C=O) groups excluding carboxylic acids is 1. The van der Waals surface area contributed by atoms with Crippen LogP contribution in [0.2, 0.25) is 10.0 Å². The molecule has 0 saturated carbocycles. The van der Waals surface area contributed by atoms with E-state index in [0.29, 0.717) is 33.8 Å². The molecule has 0 aliphatic heterocycles. The molecule has 3 rings (SSSR count). The van der Waals surface area contributed by atoms with Crippen molar-refractivity contribution < 1.29 is 14.3 Å². The van der Waals surface area contributed by atoms with Crippen molar-refractivity contribution in [1.29, 1.82) is 0 Å². The van der Waals surface area contributed by atoms with Crippen molar-refractivity contribution in [3.63, 3.8) is 0 Å². The maximum atomic E-state index is 12.5. The molecule has 3 aromatic rings. The van der Waals surface area contributed by atoms with Crippen LogP contribution in [0.15, 0.2) is 72.8 Å². The van der Waals surface area contributed by atoms with Gasteiger partial charge >= 0.3 is 0 Å². The highest BCUT2D eigenvalue weighted by Crippen LogP contribution is 2.28. The van der Waals surface area contributed by atoms with E-state index in [1.54, 1.807) is 37.3 Å². The van der Waals surface area contributed by atoms with Gasteiger partial charge in [0, 0.05) is 23.2 Å². The van der Waals surface area contributed by atoms with E-state index in [2.05, 4.69) is 17.4 Å². The van der Waals surface area contributed by atoms with E-state index in [9.17, 15) is 4.79 Å². The van der Waals surface area contributed by atoms with Crippen LogP contribution in [-0.4, -0.2) is 18.6 Å². The molecule has 0 saturated heterocycles. The predicted octanol–water partition coefficient (Wildman–Crippen LogP) is 6.02. The molecule has 1 amide bonds. The summed E-state index contributed by atoms with van der Waals surface area (Å²) in [5, 5.41) is 3.68. The molecule has 0 spiro atoms. The van der Waals surface area contributed by atoms with Crippen LogP contribution in [0.4, 0.5) is 5.69 Å². The van der Waals surface area contributed by atoms with Crippen LogP contribution in [-0.2, 0) is 11.2 Å². The van der Waals surface area contributed by atoms with Gasteiger partial charge in [0.05, 0.1) is 11.6 Å². The van der Waals surface area contributed by atoms with E-state index in [4.69, 9.17) is 32.7 Å². The second-order valence-corrected chi connectivity index (χ2v) is 7.28. The fourth-order valence-corrected chi connectivity index (χ4v) is 3.11. The highest BCUT2D eigenvalue weighted by Gasteiger charge is 2.16. The molecule has 1 unspecified atom stereocenters. The van der Waals surface area contributed by atoms with Crippen LogP contribution >= 0.6 is 23.2 Å². The molecule has 0 fully saturated rings. The van der Waals surface area contributed by atoms with Crippen molar-refractivity contribution in [3.8, 4) is 11.5 Å². The Hall–Kier alpha value is -2.69. The minimum absolute atomic E-state index is 0.294. The van der Waals surface area contributed by atoms with Gasteiger partial charge in [0.25, 0.3) is 5.91 Å². The van der Waals surface area contributed by atoms with Crippen molar-refractivity contribution in [2.24, 2.45) is 0 Å². The van der Waals surface area contributed by atoms with E-state index < -0.39 is 6.10 Å². The zero-order valence-electron chi connectivity index (χ0n) is 15.9. The Morgan fingerprint density at radius 2 is 1.79 bits per heavy atom. The number of rotatable bonds is 8. The molecule has 6 heteroatoms. The minimum atomic E-state index is -0.740. The lowest BCUT2D eigenvalue weighted by molar-refractivity contribution is -0.122. The van der Waals surface area contributed by atoms with Gasteiger partial charge in [-0.1, -0.05) is 59.6 Å². The van der Waals surface area contributed by atoms with Gasteiger partial charge in [0.1, 0.15) is 11.5 Å². The summed E-state index contributed by atoms with van der Waals surface area (Å²) in [5.74, 6) is 0.794. The lowest BCUT2D eigenvalue weighted by atomic mass is 10.2. The van der Waals surface area contributed by atoms with Gasteiger partial charge < -0.3 is 14.8 Å². The number of benzene rings is 3. The first-order valence-corrected chi connectivity index (χ1v) is 9.96. The highest BCUT2D eigenvalue weighted by atomic mass is 35.5. The van der Waals surface area contributed by atoms with E-state index in [-0.39, 0.29) is 5.91 Å². The monoisotopic (exact) mass is 429 g/mol. The Balaban J connectivity index is 1.53. The molecule has 0 bridgehead atoms. The summed E-state index contributed by atoms with van der Waals surface area (Å²) < 4.78 is 11.4. The molecule has 1 N–H and O–H groups in total. The number of hydrogen-bond acceptors (Lipinski definition) is 3. The second kappa shape index (κ2) is 10.2. The molecule has 0 radical (unpaired) electrons. The highest BCUT2D eigenvalue weighted by molar-refractivity contribution is 6.35. The Bertz CT molecular complexity index is 963. The maximum Gasteiger partial charge on any atom is 0.265 e. The number of ether oxygens (including phenoxy) is 2. The fraction of sp³-hybridized carbons (Fsp3) is 0.174. The smallest absolute Gasteiger partial charge is 0.265 e. The average Bonchev–Trinajstić information content (AvgIpc) is 2.71. The Morgan fingerprint density at radius 3 is 2.55 bits per heavy atom. The summed E-state index contributed by atoms with van der Waals surface area (Å²) in [4.78, 5) is 12.5. The third-order valence-corrected chi connectivity index (χ3v) is 4.70. The first kappa shape index (κ1) is 21.0. The SMILES string of the molecule is CC(Oc1ccc(Cl)cc1Cl)C(=O)Nc1cccc(OCCc2ccccc2)c1. The molecule has 3 aromatic carbocycles. The van der Waals surface area contributed by atoms with Gasteiger partial charge in [-0.15, -0.1) is 0 Å². The van der Waals surface area contributed by atoms with Gasteiger partial charge in [-0.25, -0.2) is 0 Å². The number of amides is 1. The van der Waals surface area contributed by atoms with Gasteiger partial charge in [-0.05, 0) is 42.8 Å². The van der Waals surface area contributed by atoms with Crippen LogP contribution in [0.3, 0.4) is 0 Å². The largest absolute Gasteiger partial charge is 0.493 e. The van der Waals surface area contributed by atoms with Crippen LogP contribution in [0.1, 0.15) is 12.5 Å². The summed E-state index contributed by atoms with van der Waals surface area (Å²) in [5.41, 5.74) is 1.84. The van der Waals surface area contributed by atoms with Crippen molar-refractivity contribution in [2.75, 3.05) is 11.9 Å². The van der Waals surface area contributed by atoms with Crippen molar-refractivity contribution in [2.45, 2.75) is 19.4 Å². The van der Waals surface area contributed by atoms with E-state index in [0.717, 1.165) is 6.42 Å². The lowest BCUT2D eigenvalue weighted by Crippen LogP contribution is -2.30. The third kappa shape index (κ3) is 6.41. The van der Waals surface area contributed by atoms with Crippen LogP contribution < -0.4 is 14.8 Å². The maximum absolute atomic E-state index is 12.5. The van der Waals surface area contributed by atoms with Gasteiger partial charge in [0.15, 0.2) is 6.10 Å². The molecule has 0 aliphatic carbocycles. The number of nitrogens with one attached hydrogen (secondary N) is 1. The summed E-state index contributed by atoms with van der Waals surface area (Å²) in [7, 11) is 0. The number of anilines is 1. The first-order chi connectivity index (χ1) is 14.0. The standard InChI is InChI=1S/C23H21Cl2NO3/c1-16(29-22-11-10-18(24)14-21(22)25)23(27)26-19-8-5-9-20(15-19)28-13-12-17-6-3-2-4-7-17/h2-11,14-16H,12-13H2,1H3,(H,26,27). The minimum Gasteiger partial charge on any atom is -0.493 e. The fourth-order valence-electron chi connectivity index (χ4n) is 2.65. The number of carbonyl (C=O) groups is 1. The lowest BCUT2D eigenvalue weighted by Gasteiger charge is -2.16. The molecular weight excluding hydrogens is 409 g/mol. The zero-order valence-corrected chi connectivity index (χ0v) is 17.4. The normalized spacial score (nSPS) is 11.6. The van der Waals surface area contributed by atoms with E-state index in [1.807, 2.05) is 30.3 Å². The molecular formula is C23H21Cl2NO3. The average molecular weight is 430 g/mol. The summed E-state index contributed by atoms with van der Waals surface area (Å²) in [6.45, 7) is 2.20. The van der Waals surface area contributed by atoms with Crippen LogP contribution in [0.5, 0.6) is 11.5 Å². The third-order valence-electron chi connectivity index (χ3n) is 4.17.